The molecule has 2 aromatic rings. The minimum absolute atomic E-state index is 0.0336. The predicted octanol–water partition coefficient (Wildman–Crippen LogP) is 3.15. The highest BCUT2D eigenvalue weighted by molar-refractivity contribution is 6.30. The first-order chi connectivity index (χ1) is 12.8. The van der Waals surface area contributed by atoms with Gasteiger partial charge in [0.2, 0.25) is 11.8 Å². The zero-order valence-electron chi connectivity index (χ0n) is 14.8. The van der Waals surface area contributed by atoms with Gasteiger partial charge in [-0.25, -0.2) is 0 Å². The highest BCUT2D eigenvalue weighted by atomic mass is 35.5. The van der Waals surface area contributed by atoms with Crippen LogP contribution in [0.2, 0.25) is 5.02 Å². The molecule has 0 heterocycles. The Morgan fingerprint density at radius 2 is 1.78 bits per heavy atom. The van der Waals surface area contributed by atoms with Gasteiger partial charge in [0.15, 0.2) is 0 Å². The van der Waals surface area contributed by atoms with E-state index in [0.29, 0.717) is 10.7 Å². The van der Waals surface area contributed by atoms with Gasteiger partial charge in [-0.1, -0.05) is 23.7 Å². The zero-order valence-corrected chi connectivity index (χ0v) is 15.6. The number of nitro groups is 1. The first-order valence-corrected chi connectivity index (χ1v) is 8.45. The van der Waals surface area contributed by atoms with Crippen molar-refractivity contribution in [1.82, 2.24) is 4.90 Å². The van der Waals surface area contributed by atoms with Gasteiger partial charge in [0.05, 0.1) is 17.5 Å². The smallest absolute Gasteiger partial charge is 0.292 e. The molecule has 2 aromatic carbocycles. The van der Waals surface area contributed by atoms with Crippen molar-refractivity contribution in [1.29, 1.82) is 0 Å². The number of halogens is 1. The quantitative estimate of drug-likeness (QED) is 0.558. The Labute approximate surface area is 161 Å². The number of carbonyl (C=O) groups is 2. The largest absolute Gasteiger partial charge is 0.325 e. The standard InChI is InChI=1S/C18H19ClN4O4/c1-12(18(25)21-15-5-3-4-6-16(15)23(26)27)22(2)11-17(24)20-14-9-7-13(19)8-10-14/h3-10,12H,11H2,1-2H3,(H,20,24)(H,21,25)/t12-/m1/s1. The summed E-state index contributed by atoms with van der Waals surface area (Å²) >= 11 is 5.80. The molecule has 0 fully saturated rings. The molecule has 142 valence electrons. The van der Waals surface area contributed by atoms with Crippen LogP contribution in [0.25, 0.3) is 0 Å². The molecule has 2 amide bonds. The number of anilines is 2. The monoisotopic (exact) mass is 390 g/mol. The summed E-state index contributed by atoms with van der Waals surface area (Å²) in [6.07, 6.45) is 0. The van der Waals surface area contributed by atoms with Crippen LogP contribution in [0, 0.1) is 10.1 Å². The Morgan fingerprint density at radius 1 is 1.15 bits per heavy atom. The molecule has 8 nitrogen and oxygen atoms in total. The summed E-state index contributed by atoms with van der Waals surface area (Å²) in [5.41, 5.74) is 0.509. The van der Waals surface area contributed by atoms with E-state index in [9.17, 15) is 19.7 Å². The number of nitrogens with one attached hydrogen (secondary N) is 2. The van der Waals surface area contributed by atoms with Crippen molar-refractivity contribution in [3.05, 3.63) is 63.7 Å². The maximum Gasteiger partial charge on any atom is 0.292 e. The maximum atomic E-state index is 12.4. The molecular weight excluding hydrogens is 372 g/mol. The number of hydrogen-bond donors (Lipinski definition) is 2. The molecular formula is C18H19ClN4O4. The molecule has 0 radical (unpaired) electrons. The average Bonchev–Trinajstić information content (AvgIpc) is 2.63. The fraction of sp³-hybridized carbons (Fsp3) is 0.222. The number of rotatable bonds is 7. The van der Waals surface area contributed by atoms with Gasteiger partial charge in [-0.2, -0.15) is 0 Å². The number of hydrogen-bond acceptors (Lipinski definition) is 5. The topological polar surface area (TPSA) is 105 Å². The molecule has 0 aliphatic rings. The summed E-state index contributed by atoms with van der Waals surface area (Å²) in [5, 5.41) is 16.8. The van der Waals surface area contributed by atoms with Crippen LogP contribution < -0.4 is 10.6 Å². The summed E-state index contributed by atoms with van der Waals surface area (Å²) < 4.78 is 0. The Hall–Kier alpha value is -2.97. The molecule has 2 N–H and O–H groups in total. The van der Waals surface area contributed by atoms with Gasteiger partial charge in [-0.3, -0.25) is 24.6 Å². The molecule has 27 heavy (non-hydrogen) atoms. The van der Waals surface area contributed by atoms with Gasteiger partial charge in [0.1, 0.15) is 5.69 Å². The lowest BCUT2D eigenvalue weighted by atomic mass is 10.2. The van der Waals surface area contributed by atoms with Gasteiger partial charge >= 0.3 is 0 Å². The molecule has 0 unspecified atom stereocenters. The molecule has 0 bridgehead atoms. The lowest BCUT2D eigenvalue weighted by Gasteiger charge is -2.23. The second-order valence-corrected chi connectivity index (χ2v) is 6.35. The molecule has 0 aliphatic heterocycles. The number of amides is 2. The molecule has 0 saturated heterocycles. The van der Waals surface area contributed by atoms with Gasteiger partial charge in [-0.05, 0) is 44.3 Å². The molecule has 9 heteroatoms. The van der Waals surface area contributed by atoms with E-state index in [2.05, 4.69) is 10.6 Å². The predicted molar refractivity (Wildman–Crippen MR) is 104 cm³/mol. The number of nitro benzene ring substituents is 1. The summed E-state index contributed by atoms with van der Waals surface area (Å²) in [5.74, 6) is -0.753. The van der Waals surface area contributed by atoms with Crippen molar-refractivity contribution >= 4 is 40.5 Å². The van der Waals surface area contributed by atoms with Gasteiger partial charge < -0.3 is 10.6 Å². The van der Waals surface area contributed by atoms with Crippen LogP contribution in [0.5, 0.6) is 0 Å². The summed E-state index contributed by atoms with van der Waals surface area (Å²) in [7, 11) is 1.62. The van der Waals surface area contributed by atoms with Crippen LogP contribution in [0.1, 0.15) is 6.92 Å². The molecule has 0 saturated carbocycles. The first kappa shape index (κ1) is 20.3. The van der Waals surface area contributed by atoms with Gasteiger partial charge in [0, 0.05) is 16.8 Å². The third-order valence-corrected chi connectivity index (χ3v) is 4.17. The van der Waals surface area contributed by atoms with Crippen molar-refractivity contribution in [3.63, 3.8) is 0 Å². The van der Waals surface area contributed by atoms with E-state index in [0.717, 1.165) is 0 Å². The highest BCUT2D eigenvalue weighted by Gasteiger charge is 2.23. The van der Waals surface area contributed by atoms with Crippen LogP contribution >= 0.6 is 11.6 Å². The number of nitrogens with zero attached hydrogens (tertiary/aromatic N) is 2. The lowest BCUT2D eigenvalue weighted by molar-refractivity contribution is -0.383. The van der Waals surface area contributed by atoms with E-state index in [4.69, 9.17) is 11.6 Å². The van der Waals surface area contributed by atoms with Crippen LogP contribution in [0.3, 0.4) is 0 Å². The minimum Gasteiger partial charge on any atom is -0.325 e. The number of likely N-dealkylation sites (N-methyl/N-ethyl adjacent to an activating group) is 1. The van der Waals surface area contributed by atoms with Crippen LogP contribution in [0.4, 0.5) is 17.1 Å². The van der Waals surface area contributed by atoms with E-state index in [1.54, 1.807) is 44.3 Å². The van der Waals surface area contributed by atoms with Crippen LogP contribution in [-0.2, 0) is 9.59 Å². The van der Waals surface area contributed by atoms with Crippen molar-refractivity contribution in [2.75, 3.05) is 24.2 Å². The summed E-state index contributed by atoms with van der Waals surface area (Å²) in [6.45, 7) is 1.58. The molecule has 0 aliphatic carbocycles. The van der Waals surface area contributed by atoms with Gasteiger partial charge in [-0.15, -0.1) is 0 Å². The zero-order chi connectivity index (χ0) is 20.0. The molecule has 0 spiro atoms. The first-order valence-electron chi connectivity index (χ1n) is 8.08. The summed E-state index contributed by atoms with van der Waals surface area (Å²) in [4.78, 5) is 36.5. The number of carbonyl (C=O) groups excluding carboxylic acids is 2. The fourth-order valence-corrected chi connectivity index (χ4v) is 2.40. The Balaban J connectivity index is 1.94. The third kappa shape index (κ3) is 5.77. The minimum atomic E-state index is -0.680. The molecule has 2 rings (SSSR count). The van der Waals surface area contributed by atoms with Crippen LogP contribution in [0.15, 0.2) is 48.5 Å². The van der Waals surface area contributed by atoms with E-state index >= 15 is 0 Å². The molecule has 1 atom stereocenters. The highest BCUT2D eigenvalue weighted by Crippen LogP contribution is 2.23. The Morgan fingerprint density at radius 3 is 2.41 bits per heavy atom. The Kier molecular flexibility index (Phi) is 6.86. The number of benzene rings is 2. The van der Waals surface area contributed by atoms with Crippen LogP contribution in [-0.4, -0.2) is 41.3 Å². The van der Waals surface area contributed by atoms with E-state index < -0.39 is 16.9 Å². The number of para-hydroxylation sites is 2. The summed E-state index contributed by atoms with van der Waals surface area (Å²) in [6, 6.07) is 11.9. The second-order valence-electron chi connectivity index (χ2n) is 5.91. The van der Waals surface area contributed by atoms with E-state index in [-0.39, 0.29) is 23.8 Å². The fourth-order valence-electron chi connectivity index (χ4n) is 2.27. The van der Waals surface area contributed by atoms with Gasteiger partial charge in [0.25, 0.3) is 5.69 Å². The second kappa shape index (κ2) is 9.11. The van der Waals surface area contributed by atoms with Crippen molar-refractivity contribution in [2.24, 2.45) is 0 Å². The SMILES string of the molecule is C[C@H](C(=O)Nc1ccccc1[N+](=O)[O-])N(C)CC(=O)Nc1ccc(Cl)cc1. The van der Waals surface area contributed by atoms with Crippen molar-refractivity contribution < 1.29 is 14.5 Å². The van der Waals surface area contributed by atoms with Crippen molar-refractivity contribution in [3.8, 4) is 0 Å². The molecule has 0 aromatic heterocycles. The maximum absolute atomic E-state index is 12.4. The van der Waals surface area contributed by atoms with Crippen molar-refractivity contribution in [2.45, 2.75) is 13.0 Å². The lowest BCUT2D eigenvalue weighted by Crippen LogP contribution is -2.43. The van der Waals surface area contributed by atoms with E-state index in [1.165, 1.54) is 23.1 Å². The normalized spacial score (nSPS) is 11.7. The Bertz CT molecular complexity index is 842. The average molecular weight is 391 g/mol. The third-order valence-electron chi connectivity index (χ3n) is 3.92. The van der Waals surface area contributed by atoms with E-state index in [1.807, 2.05) is 0 Å².